The molecule has 2 rings (SSSR count). The Morgan fingerprint density at radius 3 is 2.71 bits per heavy atom. The van der Waals surface area contributed by atoms with E-state index in [1.165, 1.54) is 0 Å². The van der Waals surface area contributed by atoms with Crippen LogP contribution < -0.4 is 11.1 Å². The molecule has 3 N–H and O–H groups in total. The van der Waals surface area contributed by atoms with E-state index in [1.54, 1.807) is 4.68 Å². The van der Waals surface area contributed by atoms with Gasteiger partial charge in [-0.15, -0.1) is 0 Å². The van der Waals surface area contributed by atoms with Crippen LogP contribution in [0, 0.1) is 13.8 Å². The van der Waals surface area contributed by atoms with Crippen molar-refractivity contribution in [2.75, 3.05) is 5.73 Å². The fraction of sp³-hybridized carbons (Fsp3) is 0.500. The maximum Gasteiger partial charge on any atom is 0.241 e. The van der Waals surface area contributed by atoms with Crippen LogP contribution in [-0.2, 0) is 11.3 Å². The molecule has 1 aliphatic rings. The van der Waals surface area contributed by atoms with Gasteiger partial charge in [-0.25, -0.2) is 0 Å². The first-order valence-electron chi connectivity index (χ1n) is 5.81. The fourth-order valence-electron chi connectivity index (χ4n) is 2.01. The lowest BCUT2D eigenvalue weighted by molar-refractivity contribution is -0.122. The molecule has 0 radical (unpaired) electrons. The number of nitrogens with zero attached hydrogens (tertiary/aromatic N) is 2. The highest BCUT2D eigenvalue weighted by molar-refractivity contribution is 5.76. The highest BCUT2D eigenvalue weighted by atomic mass is 16.2. The van der Waals surface area contributed by atoms with E-state index in [4.69, 9.17) is 5.73 Å². The molecule has 1 heterocycles. The third-order valence-electron chi connectivity index (χ3n) is 3.10. The van der Waals surface area contributed by atoms with Crippen LogP contribution in [0.1, 0.15) is 24.2 Å². The van der Waals surface area contributed by atoms with Gasteiger partial charge in [0, 0.05) is 6.04 Å². The molecule has 0 spiro atoms. The molecule has 1 aromatic rings. The molecule has 0 bridgehead atoms. The van der Waals surface area contributed by atoms with Crippen LogP contribution in [0.2, 0.25) is 0 Å². The molecule has 0 aromatic carbocycles. The summed E-state index contributed by atoms with van der Waals surface area (Å²) in [6.45, 7) is 3.96. The SMILES string of the molecule is Cc1nn(CC(=O)NC2CC=CC2)c(C)c1N. The number of amides is 1. The molecule has 5 nitrogen and oxygen atoms in total. The van der Waals surface area contributed by atoms with Gasteiger partial charge >= 0.3 is 0 Å². The van der Waals surface area contributed by atoms with E-state index in [1.807, 2.05) is 13.8 Å². The highest BCUT2D eigenvalue weighted by Crippen LogP contribution is 2.14. The Morgan fingerprint density at radius 2 is 2.18 bits per heavy atom. The van der Waals surface area contributed by atoms with Crippen LogP contribution in [0.25, 0.3) is 0 Å². The summed E-state index contributed by atoms with van der Waals surface area (Å²) >= 11 is 0. The second-order valence-electron chi connectivity index (χ2n) is 4.45. The molecular weight excluding hydrogens is 216 g/mol. The minimum absolute atomic E-state index is 0.00991. The zero-order chi connectivity index (χ0) is 12.4. The van der Waals surface area contributed by atoms with E-state index in [0.717, 1.165) is 24.2 Å². The molecule has 0 atom stereocenters. The lowest BCUT2D eigenvalue weighted by Crippen LogP contribution is -2.35. The number of nitrogen functional groups attached to an aromatic ring is 1. The zero-order valence-corrected chi connectivity index (χ0v) is 10.2. The Morgan fingerprint density at radius 1 is 1.53 bits per heavy atom. The topological polar surface area (TPSA) is 72.9 Å². The summed E-state index contributed by atoms with van der Waals surface area (Å²) in [5.41, 5.74) is 8.11. The fourth-order valence-corrected chi connectivity index (χ4v) is 2.01. The first-order chi connectivity index (χ1) is 8.08. The van der Waals surface area contributed by atoms with Crippen molar-refractivity contribution in [1.82, 2.24) is 15.1 Å². The average molecular weight is 234 g/mol. The van der Waals surface area contributed by atoms with Gasteiger partial charge in [-0.3, -0.25) is 9.48 Å². The van der Waals surface area contributed by atoms with Gasteiger partial charge in [-0.05, 0) is 26.7 Å². The van der Waals surface area contributed by atoms with Crippen molar-refractivity contribution in [1.29, 1.82) is 0 Å². The second kappa shape index (κ2) is 4.61. The van der Waals surface area contributed by atoms with E-state index < -0.39 is 0 Å². The van der Waals surface area contributed by atoms with E-state index in [9.17, 15) is 4.79 Å². The van der Waals surface area contributed by atoms with E-state index in [-0.39, 0.29) is 18.5 Å². The predicted octanol–water partition coefficient (Wildman–Crippen LogP) is 0.917. The summed E-state index contributed by atoms with van der Waals surface area (Å²) in [7, 11) is 0. The maximum atomic E-state index is 11.8. The van der Waals surface area contributed by atoms with Crippen molar-refractivity contribution in [2.45, 2.75) is 39.3 Å². The van der Waals surface area contributed by atoms with Gasteiger partial charge in [-0.2, -0.15) is 5.10 Å². The van der Waals surface area contributed by atoms with Gasteiger partial charge in [0.1, 0.15) is 6.54 Å². The third kappa shape index (κ3) is 2.49. The number of nitrogens with two attached hydrogens (primary N) is 1. The number of anilines is 1. The Hall–Kier alpha value is -1.78. The zero-order valence-electron chi connectivity index (χ0n) is 10.2. The number of aromatic nitrogens is 2. The van der Waals surface area contributed by atoms with Crippen LogP contribution in [-0.4, -0.2) is 21.7 Å². The van der Waals surface area contributed by atoms with Crippen molar-refractivity contribution < 1.29 is 4.79 Å². The van der Waals surface area contributed by atoms with E-state index in [2.05, 4.69) is 22.6 Å². The van der Waals surface area contributed by atoms with Crippen molar-refractivity contribution in [3.63, 3.8) is 0 Å². The van der Waals surface area contributed by atoms with Crippen LogP contribution in [0.5, 0.6) is 0 Å². The van der Waals surface area contributed by atoms with Crippen molar-refractivity contribution >= 4 is 11.6 Å². The summed E-state index contributed by atoms with van der Waals surface area (Å²) < 4.78 is 1.66. The summed E-state index contributed by atoms with van der Waals surface area (Å²) in [6, 6.07) is 0.247. The number of rotatable bonds is 3. The molecule has 1 amide bonds. The predicted molar refractivity (Wildman–Crippen MR) is 66.4 cm³/mol. The average Bonchev–Trinajstić information content (AvgIpc) is 2.85. The number of hydrogen-bond donors (Lipinski definition) is 2. The largest absolute Gasteiger partial charge is 0.396 e. The Bertz CT molecular complexity index is 453. The van der Waals surface area contributed by atoms with E-state index >= 15 is 0 Å². The number of hydrogen-bond acceptors (Lipinski definition) is 3. The first-order valence-corrected chi connectivity index (χ1v) is 5.81. The summed E-state index contributed by atoms with van der Waals surface area (Å²) in [6.07, 6.45) is 6.02. The van der Waals surface area contributed by atoms with Gasteiger partial charge in [0.25, 0.3) is 0 Å². The van der Waals surface area contributed by atoms with Crippen molar-refractivity contribution in [3.05, 3.63) is 23.5 Å². The molecule has 0 fully saturated rings. The van der Waals surface area contributed by atoms with Crippen LogP contribution in [0.15, 0.2) is 12.2 Å². The van der Waals surface area contributed by atoms with Crippen molar-refractivity contribution in [2.24, 2.45) is 0 Å². The third-order valence-corrected chi connectivity index (χ3v) is 3.10. The van der Waals surface area contributed by atoms with Crippen LogP contribution >= 0.6 is 0 Å². The molecule has 5 heteroatoms. The Kier molecular flexibility index (Phi) is 3.17. The number of carbonyl (C=O) groups is 1. The molecule has 0 saturated heterocycles. The highest BCUT2D eigenvalue weighted by Gasteiger charge is 2.15. The smallest absolute Gasteiger partial charge is 0.241 e. The number of aryl methyl sites for hydroxylation is 1. The Labute approximate surface area is 101 Å². The molecule has 1 aromatic heterocycles. The molecule has 0 unspecified atom stereocenters. The van der Waals surface area contributed by atoms with Gasteiger partial charge in [0.05, 0.1) is 17.1 Å². The lowest BCUT2D eigenvalue weighted by atomic mass is 10.2. The molecule has 92 valence electrons. The molecular formula is C12H18N4O. The second-order valence-corrected chi connectivity index (χ2v) is 4.45. The van der Waals surface area contributed by atoms with Gasteiger partial charge in [-0.1, -0.05) is 12.2 Å². The maximum absolute atomic E-state index is 11.8. The van der Waals surface area contributed by atoms with Gasteiger partial charge < -0.3 is 11.1 Å². The minimum Gasteiger partial charge on any atom is -0.396 e. The first kappa shape index (κ1) is 11.7. The standard InChI is InChI=1S/C12H18N4O/c1-8-12(13)9(2)16(15-8)7-11(17)14-10-5-3-4-6-10/h3-4,10H,5-7,13H2,1-2H3,(H,14,17). The van der Waals surface area contributed by atoms with Gasteiger partial charge in [0.2, 0.25) is 5.91 Å². The molecule has 0 aliphatic heterocycles. The monoisotopic (exact) mass is 234 g/mol. The van der Waals surface area contributed by atoms with Gasteiger partial charge in [0.15, 0.2) is 0 Å². The molecule has 1 aliphatic carbocycles. The van der Waals surface area contributed by atoms with Crippen LogP contribution in [0.4, 0.5) is 5.69 Å². The quantitative estimate of drug-likeness (QED) is 0.764. The van der Waals surface area contributed by atoms with E-state index in [0.29, 0.717) is 5.69 Å². The van der Waals surface area contributed by atoms with Crippen LogP contribution in [0.3, 0.4) is 0 Å². The summed E-state index contributed by atoms with van der Waals surface area (Å²) in [5, 5.41) is 7.22. The number of carbonyl (C=O) groups excluding carboxylic acids is 1. The summed E-state index contributed by atoms with van der Waals surface area (Å²) in [5.74, 6) is -0.00991. The normalized spacial score (nSPS) is 15.4. The summed E-state index contributed by atoms with van der Waals surface area (Å²) in [4.78, 5) is 11.8. The molecule has 17 heavy (non-hydrogen) atoms. The Balaban J connectivity index is 1.95. The van der Waals surface area contributed by atoms with Crippen molar-refractivity contribution in [3.8, 4) is 0 Å². The minimum atomic E-state index is -0.00991. The lowest BCUT2D eigenvalue weighted by Gasteiger charge is -2.12. The number of nitrogens with one attached hydrogen (secondary N) is 1. The molecule has 0 saturated carbocycles.